The number of nitro groups is 1. The fraction of sp³-hybridized carbons (Fsp3) is 0.0714. The van der Waals surface area contributed by atoms with Crippen molar-refractivity contribution in [1.82, 2.24) is 0 Å². The number of aliphatic carboxylic acids is 1. The van der Waals surface area contributed by atoms with Crippen molar-refractivity contribution in [2.75, 3.05) is 5.32 Å². The lowest BCUT2D eigenvalue weighted by molar-refractivity contribution is -0.384. The van der Waals surface area contributed by atoms with E-state index in [9.17, 15) is 24.4 Å². The minimum Gasteiger partial charge on any atom is -0.479 e. The zero-order valence-electron chi connectivity index (χ0n) is 10.7. The minimum atomic E-state index is -1.19. The van der Waals surface area contributed by atoms with Crippen LogP contribution in [0.5, 0.6) is 0 Å². The maximum Gasteiger partial charge on any atom is 0.330 e. The molecule has 2 aromatic carbocycles. The van der Waals surface area contributed by atoms with Crippen LogP contribution in [0.2, 0.25) is 0 Å². The Morgan fingerprint density at radius 2 is 1.90 bits per heavy atom. The first-order valence-electron chi connectivity index (χ1n) is 5.97. The third-order valence-electron chi connectivity index (χ3n) is 2.84. The standard InChI is InChI=1S/C14H11FN2O4/c15-10-6-7-11(12(8-10)17(20)21)16-13(14(18)19)9-4-2-1-3-5-9/h1-8,13,16H,(H,18,19). The number of hydrogen-bond acceptors (Lipinski definition) is 4. The van der Waals surface area contributed by atoms with E-state index in [0.29, 0.717) is 5.56 Å². The largest absolute Gasteiger partial charge is 0.479 e. The molecule has 0 aliphatic heterocycles. The Bertz CT molecular complexity index is 676. The van der Waals surface area contributed by atoms with E-state index in [2.05, 4.69) is 5.32 Å². The van der Waals surface area contributed by atoms with E-state index in [1.807, 2.05) is 0 Å². The van der Waals surface area contributed by atoms with Gasteiger partial charge in [0.2, 0.25) is 0 Å². The summed E-state index contributed by atoms with van der Waals surface area (Å²) in [6, 6.07) is 9.95. The number of carbonyl (C=O) groups is 1. The third kappa shape index (κ3) is 3.33. The number of nitro benzene ring substituents is 1. The second-order valence-electron chi connectivity index (χ2n) is 4.24. The topological polar surface area (TPSA) is 92.5 Å². The molecule has 0 radical (unpaired) electrons. The van der Waals surface area contributed by atoms with Crippen molar-refractivity contribution in [3.63, 3.8) is 0 Å². The summed E-state index contributed by atoms with van der Waals surface area (Å²) in [6.45, 7) is 0. The van der Waals surface area contributed by atoms with Gasteiger partial charge in [0, 0.05) is 0 Å². The van der Waals surface area contributed by atoms with Gasteiger partial charge in [-0.25, -0.2) is 9.18 Å². The highest BCUT2D eigenvalue weighted by molar-refractivity contribution is 5.80. The summed E-state index contributed by atoms with van der Waals surface area (Å²) in [5.41, 5.74) is -0.140. The zero-order valence-corrected chi connectivity index (χ0v) is 10.7. The van der Waals surface area contributed by atoms with Gasteiger partial charge in [-0.2, -0.15) is 0 Å². The molecule has 7 heteroatoms. The van der Waals surface area contributed by atoms with Gasteiger partial charge in [0.15, 0.2) is 6.04 Å². The second-order valence-corrected chi connectivity index (χ2v) is 4.24. The summed E-state index contributed by atoms with van der Waals surface area (Å²) in [5.74, 6) is -1.96. The predicted octanol–water partition coefficient (Wildman–Crippen LogP) is 2.97. The third-order valence-corrected chi connectivity index (χ3v) is 2.84. The van der Waals surface area contributed by atoms with Crippen LogP contribution in [0, 0.1) is 15.9 Å². The predicted molar refractivity (Wildman–Crippen MR) is 73.5 cm³/mol. The molecule has 2 rings (SSSR count). The van der Waals surface area contributed by atoms with Crippen LogP contribution >= 0.6 is 0 Å². The molecule has 2 N–H and O–H groups in total. The SMILES string of the molecule is O=C(O)C(Nc1ccc(F)cc1[N+](=O)[O-])c1ccccc1. The highest BCUT2D eigenvalue weighted by Gasteiger charge is 2.23. The van der Waals surface area contributed by atoms with Gasteiger partial charge in [0.05, 0.1) is 11.0 Å². The molecule has 0 aliphatic rings. The fourth-order valence-corrected chi connectivity index (χ4v) is 1.87. The average molecular weight is 290 g/mol. The van der Waals surface area contributed by atoms with E-state index < -0.39 is 28.4 Å². The van der Waals surface area contributed by atoms with E-state index in [-0.39, 0.29) is 5.69 Å². The van der Waals surface area contributed by atoms with Crippen molar-refractivity contribution < 1.29 is 19.2 Å². The van der Waals surface area contributed by atoms with Crippen molar-refractivity contribution in [1.29, 1.82) is 0 Å². The normalized spacial score (nSPS) is 11.7. The Hall–Kier alpha value is -2.96. The van der Waals surface area contributed by atoms with Crippen molar-refractivity contribution >= 4 is 17.3 Å². The van der Waals surface area contributed by atoms with Crippen LogP contribution in [0.15, 0.2) is 48.5 Å². The smallest absolute Gasteiger partial charge is 0.330 e. The lowest BCUT2D eigenvalue weighted by atomic mass is 10.1. The molecule has 108 valence electrons. The van der Waals surface area contributed by atoms with E-state index in [1.165, 1.54) is 0 Å². The maximum atomic E-state index is 13.1. The first-order chi connectivity index (χ1) is 9.99. The molecule has 0 saturated carbocycles. The molecular formula is C14H11FN2O4. The number of carboxylic acids is 1. The fourth-order valence-electron chi connectivity index (χ4n) is 1.87. The monoisotopic (exact) mass is 290 g/mol. The number of nitrogens with zero attached hydrogens (tertiary/aromatic N) is 1. The molecule has 0 bridgehead atoms. The molecule has 1 unspecified atom stereocenters. The molecule has 0 saturated heterocycles. The van der Waals surface area contributed by atoms with Gasteiger partial charge in [-0.3, -0.25) is 10.1 Å². The quantitative estimate of drug-likeness (QED) is 0.652. The van der Waals surface area contributed by atoms with Crippen LogP contribution in [0.3, 0.4) is 0 Å². The number of carboxylic acid groups (broad SMARTS) is 1. The number of halogens is 1. The minimum absolute atomic E-state index is 0.0577. The van der Waals surface area contributed by atoms with Crippen molar-refractivity contribution in [3.8, 4) is 0 Å². The number of hydrogen-bond donors (Lipinski definition) is 2. The molecule has 6 nitrogen and oxygen atoms in total. The second kappa shape index (κ2) is 6.00. The molecule has 0 spiro atoms. The summed E-state index contributed by atoms with van der Waals surface area (Å²) in [6.07, 6.45) is 0. The summed E-state index contributed by atoms with van der Waals surface area (Å²) in [4.78, 5) is 21.5. The number of anilines is 1. The molecule has 0 fully saturated rings. The highest BCUT2D eigenvalue weighted by Crippen LogP contribution is 2.29. The van der Waals surface area contributed by atoms with E-state index in [0.717, 1.165) is 18.2 Å². The Balaban J connectivity index is 2.39. The Morgan fingerprint density at radius 3 is 2.48 bits per heavy atom. The molecule has 0 amide bonds. The molecule has 21 heavy (non-hydrogen) atoms. The Kier molecular flexibility index (Phi) is 4.13. The Labute approximate surface area is 119 Å². The van der Waals surface area contributed by atoms with Gasteiger partial charge in [-0.1, -0.05) is 30.3 Å². The molecule has 0 aromatic heterocycles. The van der Waals surface area contributed by atoms with E-state index in [4.69, 9.17) is 0 Å². The van der Waals surface area contributed by atoms with Gasteiger partial charge < -0.3 is 10.4 Å². The first-order valence-corrected chi connectivity index (χ1v) is 5.97. The van der Waals surface area contributed by atoms with Gasteiger partial charge in [-0.15, -0.1) is 0 Å². The first kappa shape index (κ1) is 14.4. The molecule has 1 atom stereocenters. The van der Waals surface area contributed by atoms with Crippen molar-refractivity contribution in [2.45, 2.75) is 6.04 Å². The van der Waals surface area contributed by atoms with Crippen LogP contribution in [-0.4, -0.2) is 16.0 Å². The molecule has 0 aliphatic carbocycles. The van der Waals surface area contributed by atoms with Gasteiger partial charge >= 0.3 is 5.97 Å². The summed E-state index contributed by atoms with van der Waals surface area (Å²) >= 11 is 0. The van der Waals surface area contributed by atoms with Gasteiger partial charge in [0.25, 0.3) is 5.69 Å². The van der Waals surface area contributed by atoms with E-state index >= 15 is 0 Å². The summed E-state index contributed by atoms with van der Waals surface area (Å²) in [7, 11) is 0. The number of benzene rings is 2. The van der Waals surface area contributed by atoms with Crippen LogP contribution in [0.1, 0.15) is 11.6 Å². The van der Waals surface area contributed by atoms with E-state index in [1.54, 1.807) is 30.3 Å². The van der Waals surface area contributed by atoms with Crippen molar-refractivity contribution in [2.24, 2.45) is 0 Å². The van der Waals surface area contributed by atoms with Gasteiger partial charge in [-0.05, 0) is 17.7 Å². The van der Waals surface area contributed by atoms with Crippen LogP contribution in [0.25, 0.3) is 0 Å². The zero-order chi connectivity index (χ0) is 15.4. The average Bonchev–Trinajstić information content (AvgIpc) is 2.46. The van der Waals surface area contributed by atoms with Crippen molar-refractivity contribution in [3.05, 3.63) is 70.0 Å². The van der Waals surface area contributed by atoms with Crippen LogP contribution in [0.4, 0.5) is 15.8 Å². The van der Waals surface area contributed by atoms with Crippen LogP contribution in [-0.2, 0) is 4.79 Å². The number of nitrogens with one attached hydrogen (secondary N) is 1. The lowest BCUT2D eigenvalue weighted by Crippen LogP contribution is -2.21. The molecule has 2 aromatic rings. The van der Waals surface area contributed by atoms with Gasteiger partial charge in [0.1, 0.15) is 11.5 Å². The lowest BCUT2D eigenvalue weighted by Gasteiger charge is -2.16. The Morgan fingerprint density at radius 1 is 1.24 bits per heavy atom. The molecular weight excluding hydrogens is 279 g/mol. The summed E-state index contributed by atoms with van der Waals surface area (Å²) < 4.78 is 13.1. The highest BCUT2D eigenvalue weighted by atomic mass is 19.1. The molecule has 0 heterocycles. The number of rotatable bonds is 5. The van der Waals surface area contributed by atoms with Crippen LogP contribution < -0.4 is 5.32 Å². The maximum absolute atomic E-state index is 13.1. The summed E-state index contributed by atoms with van der Waals surface area (Å²) in [5, 5.41) is 22.7.